The molecule has 2 aromatic rings. The average molecular weight is 340 g/mol. The second kappa shape index (κ2) is 6.48. The fraction of sp³-hybridized carbons (Fsp3) is 0.400. The summed E-state index contributed by atoms with van der Waals surface area (Å²) in [6, 6.07) is 6.65. The second-order valence-electron chi connectivity index (χ2n) is 5.13. The second-order valence-corrected chi connectivity index (χ2v) is 7.72. The molecular formula is C15H18ClN3S2. The highest BCUT2D eigenvalue weighted by Gasteiger charge is 2.24. The number of anilines is 1. The molecule has 0 saturated carbocycles. The molecule has 112 valence electrons. The lowest BCUT2D eigenvalue weighted by Gasteiger charge is -2.29. The highest BCUT2D eigenvalue weighted by Crippen LogP contribution is 2.36. The van der Waals surface area contributed by atoms with Gasteiger partial charge >= 0.3 is 0 Å². The molecule has 1 aliphatic heterocycles. The van der Waals surface area contributed by atoms with Crippen LogP contribution in [0.5, 0.6) is 0 Å². The van der Waals surface area contributed by atoms with Gasteiger partial charge in [0.2, 0.25) is 0 Å². The van der Waals surface area contributed by atoms with Crippen molar-refractivity contribution in [2.24, 2.45) is 10.7 Å². The summed E-state index contributed by atoms with van der Waals surface area (Å²) >= 11 is 9.90. The smallest absolute Gasteiger partial charge is 0.198 e. The molecule has 2 N–H and O–H groups in total. The Hall–Kier alpha value is -0.880. The molecule has 2 aromatic heterocycles. The van der Waals surface area contributed by atoms with Gasteiger partial charge in [-0.05, 0) is 30.4 Å². The van der Waals surface area contributed by atoms with Crippen LogP contribution in [0.15, 0.2) is 28.6 Å². The Labute approximate surface area is 138 Å². The Balaban J connectivity index is 1.85. The lowest BCUT2D eigenvalue weighted by molar-refractivity contribution is 0.651. The van der Waals surface area contributed by atoms with Crippen molar-refractivity contribution in [2.45, 2.75) is 38.0 Å². The van der Waals surface area contributed by atoms with Crippen LogP contribution in [0.4, 0.5) is 5.69 Å². The van der Waals surface area contributed by atoms with Gasteiger partial charge in [0.15, 0.2) is 5.62 Å². The first-order valence-electron chi connectivity index (χ1n) is 7.02. The first kappa shape index (κ1) is 15.0. The first-order chi connectivity index (χ1) is 10.2. The Morgan fingerprint density at radius 1 is 1.48 bits per heavy atom. The number of thiophene rings is 2. The molecule has 0 bridgehead atoms. The highest BCUT2D eigenvalue weighted by atomic mass is 35.5. The van der Waals surface area contributed by atoms with Gasteiger partial charge in [-0.3, -0.25) is 4.99 Å². The molecule has 0 aromatic carbocycles. The van der Waals surface area contributed by atoms with Crippen molar-refractivity contribution in [3.8, 4) is 0 Å². The van der Waals surface area contributed by atoms with E-state index in [0.717, 1.165) is 19.4 Å². The average Bonchev–Trinajstić information content (AvgIpc) is 3.11. The summed E-state index contributed by atoms with van der Waals surface area (Å²) in [5, 5.41) is 2.09. The fourth-order valence-electron chi connectivity index (χ4n) is 2.32. The van der Waals surface area contributed by atoms with Crippen molar-refractivity contribution in [1.82, 2.24) is 0 Å². The minimum absolute atomic E-state index is 0.222. The number of nitrogens with zero attached hydrogens (tertiary/aromatic N) is 2. The molecule has 0 fully saturated rings. The minimum Gasteiger partial charge on any atom is -0.331 e. The molecule has 0 aliphatic carbocycles. The van der Waals surface area contributed by atoms with E-state index in [9.17, 15) is 0 Å². The molecule has 3 rings (SSSR count). The Morgan fingerprint density at radius 3 is 3.05 bits per heavy atom. The minimum atomic E-state index is -0.332. The van der Waals surface area contributed by atoms with Crippen molar-refractivity contribution >= 4 is 46.2 Å². The number of fused-ring (bicyclic) bond motifs is 1. The molecule has 0 saturated heterocycles. The summed E-state index contributed by atoms with van der Waals surface area (Å²) < 4.78 is 0. The van der Waals surface area contributed by atoms with E-state index >= 15 is 0 Å². The molecule has 6 heteroatoms. The lowest BCUT2D eigenvalue weighted by Crippen LogP contribution is -2.31. The molecule has 0 amide bonds. The third kappa shape index (κ3) is 3.31. The maximum Gasteiger partial charge on any atom is 0.198 e. The quantitative estimate of drug-likeness (QED) is 0.659. The topological polar surface area (TPSA) is 41.6 Å². The van der Waals surface area contributed by atoms with E-state index < -0.39 is 0 Å². The van der Waals surface area contributed by atoms with E-state index in [0.29, 0.717) is 0 Å². The van der Waals surface area contributed by atoms with Crippen molar-refractivity contribution in [3.05, 3.63) is 38.2 Å². The number of aliphatic imine (C=N–C) groups is 1. The normalized spacial score (nSPS) is 18.8. The predicted molar refractivity (Wildman–Crippen MR) is 94.0 cm³/mol. The number of rotatable bonds is 5. The highest BCUT2D eigenvalue weighted by molar-refractivity contribution is 7.14. The summed E-state index contributed by atoms with van der Waals surface area (Å²) in [6.45, 7) is 2.92. The van der Waals surface area contributed by atoms with E-state index in [4.69, 9.17) is 17.3 Å². The third-order valence-corrected chi connectivity index (χ3v) is 5.86. The Bertz CT molecular complexity index is 621. The van der Waals surface area contributed by atoms with E-state index in [1.54, 1.807) is 22.7 Å². The zero-order valence-corrected chi connectivity index (χ0v) is 14.2. The van der Waals surface area contributed by atoms with E-state index in [2.05, 4.69) is 40.4 Å². The third-order valence-electron chi connectivity index (χ3n) is 3.57. The molecule has 2 atom stereocenters. The number of hydrogen-bond donors (Lipinski definition) is 1. The van der Waals surface area contributed by atoms with Crippen molar-refractivity contribution in [1.29, 1.82) is 0 Å². The largest absolute Gasteiger partial charge is 0.331 e. The van der Waals surface area contributed by atoms with Gasteiger partial charge in [0.25, 0.3) is 0 Å². The van der Waals surface area contributed by atoms with Crippen LogP contribution in [-0.2, 0) is 13.0 Å². The summed E-state index contributed by atoms with van der Waals surface area (Å²) in [5.41, 5.74) is 6.92. The molecule has 1 unspecified atom stereocenters. The Kier molecular flexibility index (Phi) is 4.64. The first-order valence-corrected chi connectivity index (χ1v) is 9.15. The van der Waals surface area contributed by atoms with Crippen molar-refractivity contribution in [3.63, 3.8) is 0 Å². The standard InChI is InChI=1S/C15H18ClN3S2/c1-2-10(17)6-12-7-13-14(21-12)8-18-15(16)19(13)9-11-4-3-5-20-11/h3-5,7-8,10,15H,2,6,9,17H2,1H3/t10-,15?/m0/s1. The lowest BCUT2D eigenvalue weighted by atomic mass is 10.1. The SMILES string of the molecule is CC[C@H](N)Cc1cc2c(s1)C=NC(Cl)N2Cc1cccs1. The summed E-state index contributed by atoms with van der Waals surface area (Å²) in [5.74, 6) is 0. The van der Waals surface area contributed by atoms with Crippen LogP contribution in [0.1, 0.15) is 28.0 Å². The molecule has 3 nitrogen and oxygen atoms in total. The van der Waals surface area contributed by atoms with Crippen LogP contribution in [0.25, 0.3) is 0 Å². The number of nitrogens with two attached hydrogens (primary N) is 1. The van der Waals surface area contributed by atoms with Crippen LogP contribution >= 0.6 is 34.3 Å². The zero-order chi connectivity index (χ0) is 14.8. The number of alkyl halides is 1. The van der Waals surface area contributed by atoms with Crippen molar-refractivity contribution < 1.29 is 0 Å². The summed E-state index contributed by atoms with van der Waals surface area (Å²) in [4.78, 5) is 10.3. The van der Waals surface area contributed by atoms with Crippen LogP contribution < -0.4 is 10.6 Å². The van der Waals surface area contributed by atoms with Gasteiger partial charge in [-0.1, -0.05) is 24.6 Å². The van der Waals surface area contributed by atoms with Crippen LogP contribution in [0.3, 0.4) is 0 Å². The molecule has 21 heavy (non-hydrogen) atoms. The maximum atomic E-state index is 6.38. The van der Waals surface area contributed by atoms with Crippen LogP contribution in [0, 0.1) is 0 Å². The van der Waals surface area contributed by atoms with Gasteiger partial charge in [-0.2, -0.15) is 0 Å². The maximum absolute atomic E-state index is 6.38. The monoisotopic (exact) mass is 339 g/mol. The van der Waals surface area contributed by atoms with Gasteiger partial charge in [-0.25, -0.2) is 0 Å². The molecule has 0 radical (unpaired) electrons. The van der Waals surface area contributed by atoms with Gasteiger partial charge < -0.3 is 10.6 Å². The van der Waals surface area contributed by atoms with E-state index in [-0.39, 0.29) is 11.7 Å². The van der Waals surface area contributed by atoms with E-state index in [1.165, 1.54) is 20.3 Å². The number of halogens is 1. The van der Waals surface area contributed by atoms with Crippen molar-refractivity contribution in [2.75, 3.05) is 4.90 Å². The van der Waals surface area contributed by atoms with Crippen LogP contribution in [0.2, 0.25) is 0 Å². The van der Waals surface area contributed by atoms with Gasteiger partial charge in [-0.15, -0.1) is 22.7 Å². The number of hydrogen-bond acceptors (Lipinski definition) is 5. The van der Waals surface area contributed by atoms with Gasteiger partial charge in [0.1, 0.15) is 0 Å². The molecule has 1 aliphatic rings. The summed E-state index contributed by atoms with van der Waals surface area (Å²) in [6.07, 6.45) is 3.80. The van der Waals surface area contributed by atoms with Gasteiger partial charge in [0, 0.05) is 22.0 Å². The van der Waals surface area contributed by atoms with Crippen LogP contribution in [-0.4, -0.2) is 17.9 Å². The molecule has 0 spiro atoms. The fourth-order valence-corrected chi connectivity index (χ4v) is 4.40. The van der Waals surface area contributed by atoms with Gasteiger partial charge in [0.05, 0.1) is 17.1 Å². The predicted octanol–water partition coefficient (Wildman–Crippen LogP) is 4.05. The summed E-state index contributed by atoms with van der Waals surface area (Å²) in [7, 11) is 0. The molecular weight excluding hydrogens is 322 g/mol. The van der Waals surface area contributed by atoms with E-state index in [1.807, 2.05) is 6.21 Å². The Morgan fingerprint density at radius 2 is 2.33 bits per heavy atom. The zero-order valence-electron chi connectivity index (χ0n) is 11.8. The molecule has 3 heterocycles.